The van der Waals surface area contributed by atoms with E-state index < -0.39 is 27.8 Å². The molecule has 0 fully saturated rings. The molecule has 1 aromatic carbocycles. The van der Waals surface area contributed by atoms with Gasteiger partial charge in [0.1, 0.15) is 11.9 Å². The summed E-state index contributed by atoms with van der Waals surface area (Å²) in [6.45, 7) is 7.19. The number of aliphatic imine (C=N–C) groups is 1. The monoisotopic (exact) mass is 412 g/mol. The number of carbonyl (C=O) groups excluding carboxylic acids is 2. The zero-order valence-corrected chi connectivity index (χ0v) is 17.4. The van der Waals surface area contributed by atoms with Gasteiger partial charge in [0.15, 0.2) is 0 Å². The largest absolute Gasteiger partial charge is 0.444 e. The van der Waals surface area contributed by atoms with Crippen molar-refractivity contribution in [3.63, 3.8) is 0 Å². The minimum absolute atomic E-state index is 0.0822. The van der Waals surface area contributed by atoms with Crippen molar-refractivity contribution in [2.45, 2.75) is 57.1 Å². The summed E-state index contributed by atoms with van der Waals surface area (Å²) in [4.78, 5) is 26.8. The Hall–Kier alpha value is -2.62. The summed E-state index contributed by atoms with van der Waals surface area (Å²) in [7, 11) is -3.80. The van der Waals surface area contributed by atoms with Gasteiger partial charge in [-0.2, -0.15) is 0 Å². The van der Waals surface area contributed by atoms with Gasteiger partial charge in [-0.1, -0.05) is 17.7 Å². The fraction of sp³-hybridized carbons (Fsp3) is 0.500. The van der Waals surface area contributed by atoms with Crippen LogP contribution < -0.4 is 15.8 Å². The minimum Gasteiger partial charge on any atom is -0.444 e. The summed E-state index contributed by atoms with van der Waals surface area (Å²) in [5, 5.41) is 2.46. The quantitative estimate of drug-likeness (QED) is 0.256. The number of carbonyl (C=O) groups is 2. The molecule has 1 aromatic rings. The van der Waals surface area contributed by atoms with Gasteiger partial charge in [-0.25, -0.2) is 17.9 Å². The number of amides is 1. The smallest absolute Gasteiger partial charge is 0.408 e. The van der Waals surface area contributed by atoms with E-state index in [9.17, 15) is 18.0 Å². The normalized spacial score (nSPS) is 13.5. The molecule has 1 atom stereocenters. The van der Waals surface area contributed by atoms with Gasteiger partial charge in [0.05, 0.1) is 10.9 Å². The SMILES string of the molecule is Cc1ccc(S(=O)(=O)NC(N)=NCCCC(C=O)NC(=O)OC(C)(C)C)cc1. The van der Waals surface area contributed by atoms with Crippen molar-refractivity contribution in [3.8, 4) is 0 Å². The molecule has 0 heterocycles. The first-order chi connectivity index (χ1) is 12.9. The lowest BCUT2D eigenvalue weighted by Crippen LogP contribution is -2.40. The Morgan fingerprint density at radius 2 is 1.89 bits per heavy atom. The Bertz CT molecular complexity index is 798. The third-order valence-electron chi connectivity index (χ3n) is 3.39. The molecule has 9 nitrogen and oxygen atoms in total. The second-order valence-electron chi connectivity index (χ2n) is 7.22. The highest BCUT2D eigenvalue weighted by Gasteiger charge is 2.19. The zero-order valence-electron chi connectivity index (χ0n) is 16.6. The average Bonchev–Trinajstić information content (AvgIpc) is 2.55. The van der Waals surface area contributed by atoms with Gasteiger partial charge >= 0.3 is 6.09 Å². The maximum atomic E-state index is 12.2. The number of nitrogens with two attached hydrogens (primary N) is 1. The number of aryl methyl sites for hydroxylation is 1. The molecular formula is C18H28N4O5S. The van der Waals surface area contributed by atoms with Crippen LogP contribution in [0.15, 0.2) is 34.2 Å². The van der Waals surface area contributed by atoms with Crippen LogP contribution in [0.5, 0.6) is 0 Å². The highest BCUT2D eigenvalue weighted by Crippen LogP contribution is 2.10. The van der Waals surface area contributed by atoms with E-state index in [4.69, 9.17) is 10.5 Å². The third-order valence-corrected chi connectivity index (χ3v) is 4.76. The summed E-state index contributed by atoms with van der Waals surface area (Å²) >= 11 is 0. The number of guanidine groups is 1. The third kappa shape index (κ3) is 8.85. The van der Waals surface area contributed by atoms with E-state index in [1.54, 1.807) is 32.9 Å². The summed E-state index contributed by atoms with van der Waals surface area (Å²) in [6, 6.07) is 5.58. The van der Waals surface area contributed by atoms with E-state index in [1.807, 2.05) is 6.92 Å². The Morgan fingerprint density at radius 1 is 1.29 bits per heavy atom. The van der Waals surface area contributed by atoms with Crippen molar-refractivity contribution in [2.75, 3.05) is 6.54 Å². The predicted octanol–water partition coefficient (Wildman–Crippen LogP) is 1.46. The van der Waals surface area contributed by atoms with Gasteiger partial charge in [-0.15, -0.1) is 0 Å². The van der Waals surface area contributed by atoms with Gasteiger partial charge in [0.2, 0.25) is 5.96 Å². The van der Waals surface area contributed by atoms with Crippen LogP contribution >= 0.6 is 0 Å². The molecule has 1 amide bonds. The average molecular weight is 413 g/mol. The fourth-order valence-electron chi connectivity index (χ4n) is 2.09. The van der Waals surface area contributed by atoms with Crippen LogP contribution in [0.3, 0.4) is 0 Å². The molecule has 10 heteroatoms. The molecule has 0 aromatic heterocycles. The number of ether oxygens (including phenoxy) is 1. The van der Waals surface area contributed by atoms with Crippen molar-refractivity contribution in [1.82, 2.24) is 10.0 Å². The van der Waals surface area contributed by atoms with Gasteiger partial charge in [0, 0.05) is 6.54 Å². The number of hydrogen-bond donors (Lipinski definition) is 3. The number of aldehydes is 1. The van der Waals surface area contributed by atoms with Crippen molar-refractivity contribution < 1.29 is 22.7 Å². The van der Waals surface area contributed by atoms with Crippen molar-refractivity contribution in [1.29, 1.82) is 0 Å². The molecule has 0 aliphatic rings. The van der Waals surface area contributed by atoms with Gasteiger partial charge in [-0.05, 0) is 52.7 Å². The van der Waals surface area contributed by atoms with Crippen LogP contribution in [0.2, 0.25) is 0 Å². The van der Waals surface area contributed by atoms with Crippen LogP contribution in [0.4, 0.5) is 4.79 Å². The Balaban J connectivity index is 2.49. The van der Waals surface area contributed by atoms with E-state index >= 15 is 0 Å². The molecule has 1 unspecified atom stereocenters. The number of nitrogens with one attached hydrogen (secondary N) is 2. The highest BCUT2D eigenvalue weighted by atomic mass is 32.2. The van der Waals surface area contributed by atoms with E-state index in [-0.39, 0.29) is 17.4 Å². The van der Waals surface area contributed by atoms with E-state index in [2.05, 4.69) is 15.0 Å². The zero-order chi connectivity index (χ0) is 21.4. The Kier molecular flexibility index (Phi) is 8.42. The lowest BCUT2D eigenvalue weighted by molar-refractivity contribution is -0.109. The first-order valence-corrected chi connectivity index (χ1v) is 10.3. The van der Waals surface area contributed by atoms with Crippen molar-refractivity contribution >= 4 is 28.4 Å². The van der Waals surface area contributed by atoms with Crippen LogP contribution in [0.1, 0.15) is 39.2 Å². The minimum atomic E-state index is -3.80. The van der Waals surface area contributed by atoms with Crippen LogP contribution in [-0.4, -0.2) is 44.9 Å². The lowest BCUT2D eigenvalue weighted by Gasteiger charge is -2.21. The number of hydrogen-bond acceptors (Lipinski definition) is 6. The molecule has 0 aliphatic heterocycles. The second-order valence-corrected chi connectivity index (χ2v) is 8.90. The van der Waals surface area contributed by atoms with Gasteiger partial charge in [0.25, 0.3) is 10.0 Å². The first-order valence-electron chi connectivity index (χ1n) is 8.77. The topological polar surface area (TPSA) is 140 Å². The molecule has 0 saturated heterocycles. The van der Waals surface area contributed by atoms with Gasteiger partial charge in [-0.3, -0.25) is 4.99 Å². The summed E-state index contributed by atoms with van der Waals surface area (Å²) < 4.78 is 31.7. The molecule has 0 radical (unpaired) electrons. The molecule has 0 aliphatic carbocycles. The number of nitrogens with zero attached hydrogens (tertiary/aromatic N) is 1. The second kappa shape index (κ2) is 10.1. The number of sulfonamides is 1. The summed E-state index contributed by atoms with van der Waals surface area (Å²) in [5.41, 5.74) is 5.90. The molecule has 4 N–H and O–H groups in total. The van der Waals surface area contributed by atoms with Crippen molar-refractivity contribution in [2.24, 2.45) is 10.7 Å². The maximum Gasteiger partial charge on any atom is 0.408 e. The lowest BCUT2D eigenvalue weighted by atomic mass is 10.2. The molecular weight excluding hydrogens is 384 g/mol. The molecule has 0 saturated carbocycles. The van der Waals surface area contributed by atoms with Crippen LogP contribution in [-0.2, 0) is 19.6 Å². The molecule has 0 spiro atoms. The van der Waals surface area contributed by atoms with Gasteiger partial charge < -0.3 is 20.6 Å². The summed E-state index contributed by atoms with van der Waals surface area (Å²) in [5.74, 6) is -0.247. The van der Waals surface area contributed by atoms with E-state index in [0.717, 1.165) is 5.56 Å². The standard InChI is InChI=1S/C18H28N4O5S/c1-13-7-9-15(10-8-13)28(25,26)22-16(19)20-11-5-6-14(12-23)21-17(24)27-18(2,3)4/h7-10,12,14H,5-6,11H2,1-4H3,(H,21,24)(H3,19,20,22). The molecule has 28 heavy (non-hydrogen) atoms. The Labute approximate surface area is 165 Å². The molecule has 1 rings (SSSR count). The predicted molar refractivity (Wildman–Crippen MR) is 106 cm³/mol. The maximum absolute atomic E-state index is 12.2. The van der Waals surface area contributed by atoms with Crippen LogP contribution in [0.25, 0.3) is 0 Å². The summed E-state index contributed by atoms with van der Waals surface area (Å²) in [6.07, 6.45) is 0.645. The number of rotatable bonds is 8. The highest BCUT2D eigenvalue weighted by molar-refractivity contribution is 7.90. The first kappa shape index (κ1) is 23.4. The van der Waals surface area contributed by atoms with E-state index in [1.165, 1.54) is 12.1 Å². The molecule has 0 bridgehead atoms. The number of alkyl carbamates (subject to hydrolysis) is 1. The van der Waals surface area contributed by atoms with E-state index in [0.29, 0.717) is 19.1 Å². The molecule has 156 valence electrons. The van der Waals surface area contributed by atoms with Crippen molar-refractivity contribution in [3.05, 3.63) is 29.8 Å². The fourth-order valence-corrected chi connectivity index (χ4v) is 3.04. The van der Waals surface area contributed by atoms with Crippen LogP contribution in [0, 0.1) is 6.92 Å². The number of benzene rings is 1. The Morgan fingerprint density at radius 3 is 2.43 bits per heavy atom.